The summed E-state index contributed by atoms with van der Waals surface area (Å²) in [4.78, 5) is 10.8. The Morgan fingerprint density at radius 1 is 1.29 bits per heavy atom. The van der Waals surface area contributed by atoms with Crippen LogP contribution in [0.5, 0.6) is 0 Å². The third-order valence-corrected chi connectivity index (χ3v) is 2.92. The van der Waals surface area contributed by atoms with Crippen molar-refractivity contribution in [3.05, 3.63) is 47.3 Å². The van der Waals surface area contributed by atoms with Crippen LogP contribution < -0.4 is 11.5 Å². The van der Waals surface area contributed by atoms with Crippen molar-refractivity contribution in [2.75, 3.05) is 0 Å². The van der Waals surface area contributed by atoms with Crippen molar-refractivity contribution in [2.45, 2.75) is 6.18 Å². The SMILES string of the molecule is NC(=O)c1cnn(-c2ccc(C(F)(F)F)cc2C(N)=S)c1. The summed E-state index contributed by atoms with van der Waals surface area (Å²) >= 11 is 4.77. The van der Waals surface area contributed by atoms with Gasteiger partial charge in [-0.2, -0.15) is 18.3 Å². The topological polar surface area (TPSA) is 86.9 Å². The van der Waals surface area contributed by atoms with Gasteiger partial charge in [-0.1, -0.05) is 12.2 Å². The lowest BCUT2D eigenvalue weighted by Gasteiger charge is -2.12. The first kappa shape index (κ1) is 15.0. The maximum atomic E-state index is 12.7. The van der Waals surface area contributed by atoms with Gasteiger partial charge >= 0.3 is 6.18 Å². The van der Waals surface area contributed by atoms with E-state index in [1.807, 2.05) is 0 Å². The summed E-state index contributed by atoms with van der Waals surface area (Å²) in [5.41, 5.74) is 10.0. The highest BCUT2D eigenvalue weighted by Crippen LogP contribution is 2.31. The molecule has 0 bridgehead atoms. The molecular weight excluding hydrogens is 305 g/mol. The van der Waals surface area contributed by atoms with E-state index in [1.165, 1.54) is 23.1 Å². The lowest BCUT2D eigenvalue weighted by Crippen LogP contribution is -2.16. The van der Waals surface area contributed by atoms with E-state index in [4.69, 9.17) is 23.7 Å². The number of hydrogen-bond acceptors (Lipinski definition) is 3. The molecule has 0 aliphatic carbocycles. The molecule has 0 fully saturated rings. The predicted octanol–water partition coefficient (Wildman–Crippen LogP) is 1.62. The Hall–Kier alpha value is -2.42. The first-order valence-electron chi connectivity index (χ1n) is 5.56. The number of hydrogen-bond donors (Lipinski definition) is 2. The average Bonchev–Trinajstić information content (AvgIpc) is 2.86. The molecule has 1 aromatic heterocycles. The van der Waals surface area contributed by atoms with Gasteiger partial charge in [-0.15, -0.1) is 0 Å². The van der Waals surface area contributed by atoms with Crippen molar-refractivity contribution >= 4 is 23.1 Å². The molecule has 4 N–H and O–H groups in total. The molecule has 0 atom stereocenters. The summed E-state index contributed by atoms with van der Waals surface area (Å²) in [5.74, 6) is -0.704. The normalized spacial score (nSPS) is 11.4. The molecule has 9 heteroatoms. The molecule has 21 heavy (non-hydrogen) atoms. The number of thiocarbonyl (C=S) groups is 1. The van der Waals surface area contributed by atoms with Gasteiger partial charge < -0.3 is 11.5 Å². The van der Waals surface area contributed by atoms with Crippen molar-refractivity contribution in [3.63, 3.8) is 0 Å². The average molecular weight is 314 g/mol. The van der Waals surface area contributed by atoms with Crippen LogP contribution in [0.15, 0.2) is 30.6 Å². The van der Waals surface area contributed by atoms with Crippen LogP contribution in [0.3, 0.4) is 0 Å². The predicted molar refractivity (Wildman–Crippen MR) is 73.0 cm³/mol. The molecule has 0 saturated heterocycles. The number of alkyl halides is 3. The van der Waals surface area contributed by atoms with Gasteiger partial charge in [0.2, 0.25) is 0 Å². The molecule has 0 radical (unpaired) electrons. The van der Waals surface area contributed by atoms with Crippen LogP contribution in [-0.2, 0) is 6.18 Å². The number of amides is 1. The molecular formula is C12H9F3N4OS. The van der Waals surface area contributed by atoms with Gasteiger partial charge in [0.1, 0.15) is 4.99 Å². The standard InChI is InChI=1S/C12H9F3N4OS/c13-12(14,15)7-1-2-9(8(3-7)11(17)21)19-5-6(4-18-19)10(16)20/h1-5H,(H2,16,20)(H2,17,21). The maximum absolute atomic E-state index is 12.7. The molecule has 1 heterocycles. The number of nitrogens with zero attached hydrogens (tertiary/aromatic N) is 2. The van der Waals surface area contributed by atoms with Gasteiger partial charge in [0.15, 0.2) is 0 Å². The first-order chi connectivity index (χ1) is 9.70. The Balaban J connectivity index is 2.57. The molecule has 1 amide bonds. The van der Waals surface area contributed by atoms with Crippen molar-refractivity contribution in [3.8, 4) is 5.69 Å². The van der Waals surface area contributed by atoms with E-state index in [-0.39, 0.29) is 21.8 Å². The summed E-state index contributed by atoms with van der Waals surface area (Å²) < 4.78 is 39.3. The smallest absolute Gasteiger partial charge is 0.389 e. The van der Waals surface area contributed by atoms with Crippen LogP contribution in [0.4, 0.5) is 13.2 Å². The third kappa shape index (κ3) is 3.02. The van der Waals surface area contributed by atoms with Gasteiger partial charge in [0.25, 0.3) is 5.91 Å². The maximum Gasteiger partial charge on any atom is 0.416 e. The van der Waals surface area contributed by atoms with Crippen molar-refractivity contribution in [1.82, 2.24) is 9.78 Å². The van der Waals surface area contributed by atoms with E-state index in [0.717, 1.165) is 12.1 Å². The largest absolute Gasteiger partial charge is 0.416 e. The Morgan fingerprint density at radius 3 is 2.43 bits per heavy atom. The lowest BCUT2D eigenvalue weighted by atomic mass is 10.1. The van der Waals surface area contributed by atoms with Crippen molar-refractivity contribution < 1.29 is 18.0 Å². The fourth-order valence-electron chi connectivity index (χ4n) is 1.69. The lowest BCUT2D eigenvalue weighted by molar-refractivity contribution is -0.137. The second-order valence-electron chi connectivity index (χ2n) is 4.13. The Kier molecular flexibility index (Phi) is 3.69. The number of carbonyl (C=O) groups excluding carboxylic acids is 1. The van der Waals surface area contributed by atoms with E-state index in [0.29, 0.717) is 0 Å². The molecule has 5 nitrogen and oxygen atoms in total. The second kappa shape index (κ2) is 5.17. The molecule has 0 unspecified atom stereocenters. The molecule has 0 saturated carbocycles. The number of rotatable bonds is 3. The molecule has 0 aliphatic heterocycles. The molecule has 2 rings (SSSR count). The summed E-state index contributed by atoms with van der Waals surface area (Å²) in [6.07, 6.45) is -2.03. The minimum Gasteiger partial charge on any atom is -0.389 e. The quantitative estimate of drug-likeness (QED) is 0.843. The Bertz CT molecular complexity index is 724. The summed E-state index contributed by atoms with van der Waals surface area (Å²) in [6.45, 7) is 0. The van der Waals surface area contributed by atoms with Crippen LogP contribution in [0.1, 0.15) is 21.5 Å². The van der Waals surface area contributed by atoms with Crippen LogP contribution in [0, 0.1) is 0 Å². The molecule has 1 aromatic carbocycles. The van der Waals surface area contributed by atoms with E-state index in [9.17, 15) is 18.0 Å². The van der Waals surface area contributed by atoms with E-state index in [1.54, 1.807) is 0 Å². The highest BCUT2D eigenvalue weighted by Gasteiger charge is 2.31. The van der Waals surface area contributed by atoms with Crippen LogP contribution in [0.25, 0.3) is 5.69 Å². The highest BCUT2D eigenvalue weighted by molar-refractivity contribution is 7.80. The number of halogens is 3. The van der Waals surface area contributed by atoms with E-state index >= 15 is 0 Å². The molecule has 110 valence electrons. The fourth-order valence-corrected chi connectivity index (χ4v) is 1.85. The number of primary amides is 1. The third-order valence-electron chi connectivity index (χ3n) is 2.70. The Morgan fingerprint density at radius 2 is 1.95 bits per heavy atom. The van der Waals surface area contributed by atoms with E-state index < -0.39 is 17.6 Å². The monoisotopic (exact) mass is 314 g/mol. The van der Waals surface area contributed by atoms with Crippen LogP contribution >= 0.6 is 12.2 Å². The molecule has 2 aromatic rings. The second-order valence-corrected chi connectivity index (χ2v) is 4.57. The van der Waals surface area contributed by atoms with Gasteiger partial charge in [0.05, 0.1) is 23.0 Å². The summed E-state index contributed by atoms with van der Waals surface area (Å²) in [7, 11) is 0. The van der Waals surface area contributed by atoms with E-state index in [2.05, 4.69) is 5.10 Å². The minimum atomic E-state index is -4.51. The number of benzene rings is 1. The summed E-state index contributed by atoms with van der Waals surface area (Å²) in [6, 6.07) is 2.89. The number of nitrogens with two attached hydrogens (primary N) is 2. The van der Waals surface area contributed by atoms with Crippen molar-refractivity contribution in [1.29, 1.82) is 0 Å². The van der Waals surface area contributed by atoms with Crippen LogP contribution in [0.2, 0.25) is 0 Å². The zero-order valence-corrected chi connectivity index (χ0v) is 11.2. The number of aromatic nitrogens is 2. The van der Waals surface area contributed by atoms with Gasteiger partial charge in [0, 0.05) is 11.8 Å². The van der Waals surface area contributed by atoms with Gasteiger partial charge in [-0.25, -0.2) is 4.68 Å². The zero-order valence-electron chi connectivity index (χ0n) is 10.4. The first-order valence-corrected chi connectivity index (χ1v) is 5.97. The molecule has 0 spiro atoms. The van der Waals surface area contributed by atoms with Gasteiger partial charge in [-0.3, -0.25) is 4.79 Å². The molecule has 0 aliphatic rings. The highest BCUT2D eigenvalue weighted by atomic mass is 32.1. The van der Waals surface area contributed by atoms with Crippen LogP contribution in [-0.4, -0.2) is 20.7 Å². The summed E-state index contributed by atoms with van der Waals surface area (Å²) in [5, 5.41) is 3.86. The van der Waals surface area contributed by atoms with Gasteiger partial charge in [-0.05, 0) is 18.2 Å². The van der Waals surface area contributed by atoms with Crippen molar-refractivity contribution in [2.24, 2.45) is 11.5 Å². The number of carbonyl (C=O) groups is 1. The fraction of sp³-hybridized carbons (Fsp3) is 0.0833. The minimum absolute atomic E-state index is 0.000976. The zero-order chi connectivity index (χ0) is 15.8. The Labute approximate surface area is 122 Å².